The first-order valence-corrected chi connectivity index (χ1v) is 12.9. The maximum Gasteiger partial charge on any atom is 0.350 e. The molecule has 1 aromatic heterocycles. The zero-order valence-corrected chi connectivity index (χ0v) is 23.5. The number of ether oxygens (including phenoxy) is 4. The molecule has 1 atom stereocenters. The Morgan fingerprint density at radius 1 is 1.10 bits per heavy atom. The summed E-state index contributed by atoms with van der Waals surface area (Å²) in [7, 11) is 4.42. The van der Waals surface area contributed by atoms with Gasteiger partial charge < -0.3 is 24.1 Å². The highest BCUT2D eigenvalue weighted by Crippen LogP contribution is 2.48. The van der Waals surface area contributed by atoms with Gasteiger partial charge >= 0.3 is 11.9 Å². The third-order valence-corrected chi connectivity index (χ3v) is 7.49. The van der Waals surface area contributed by atoms with E-state index < -0.39 is 23.7 Å². The number of aryl methyl sites for hydroxylation is 2. The fourth-order valence-electron chi connectivity index (χ4n) is 4.51. The van der Waals surface area contributed by atoms with Gasteiger partial charge in [0.1, 0.15) is 29.0 Å². The Labute approximate surface area is 235 Å². The van der Waals surface area contributed by atoms with Crippen molar-refractivity contribution in [2.24, 2.45) is 0 Å². The van der Waals surface area contributed by atoms with Gasteiger partial charge in [0.25, 0.3) is 5.78 Å². The van der Waals surface area contributed by atoms with Crippen LogP contribution in [-0.4, -0.2) is 55.7 Å². The van der Waals surface area contributed by atoms with Crippen LogP contribution >= 0.6 is 11.3 Å². The number of esters is 1. The van der Waals surface area contributed by atoms with E-state index in [-0.39, 0.29) is 33.7 Å². The van der Waals surface area contributed by atoms with Crippen LogP contribution < -0.4 is 19.1 Å². The van der Waals surface area contributed by atoms with Crippen molar-refractivity contribution < 1.29 is 38.4 Å². The van der Waals surface area contributed by atoms with Gasteiger partial charge in [-0.15, -0.1) is 0 Å². The minimum atomic E-state index is -1.16. The van der Waals surface area contributed by atoms with Gasteiger partial charge in [0.15, 0.2) is 16.6 Å². The van der Waals surface area contributed by atoms with Gasteiger partial charge in [0.2, 0.25) is 0 Å². The molecule has 2 heterocycles. The Hall–Kier alpha value is -4.64. The number of carbonyl (C=O) groups is 3. The van der Waals surface area contributed by atoms with Crippen molar-refractivity contribution in [1.82, 2.24) is 4.98 Å². The zero-order valence-electron chi connectivity index (χ0n) is 22.6. The zero-order chi connectivity index (χ0) is 29.1. The molecule has 0 unspecified atom stereocenters. The van der Waals surface area contributed by atoms with Gasteiger partial charge in [-0.25, -0.2) is 9.78 Å². The van der Waals surface area contributed by atoms with Crippen molar-refractivity contribution in [1.29, 1.82) is 0 Å². The number of nitrogens with zero attached hydrogens (tertiary/aromatic N) is 2. The molecule has 0 spiro atoms. The molecule has 40 heavy (non-hydrogen) atoms. The largest absolute Gasteiger partial charge is 0.507 e. The van der Waals surface area contributed by atoms with Crippen LogP contribution in [-0.2, 0) is 14.3 Å². The van der Waals surface area contributed by atoms with Crippen LogP contribution in [0.1, 0.15) is 38.1 Å². The molecule has 0 bridgehead atoms. The summed E-state index contributed by atoms with van der Waals surface area (Å²) in [4.78, 5) is 45.5. The second-order valence-electron chi connectivity index (χ2n) is 8.73. The van der Waals surface area contributed by atoms with Crippen LogP contribution in [0.3, 0.4) is 0 Å². The monoisotopic (exact) mass is 564 g/mol. The molecule has 1 N–H and O–H groups in total. The second kappa shape index (κ2) is 11.6. The van der Waals surface area contributed by atoms with E-state index in [1.54, 1.807) is 50.2 Å². The Balaban J connectivity index is 1.97. The standard InChI is InChI=1S/C29H28N2O8S/c1-7-13-39-28(35)26-16(3)30-29(40-26)31-22(18-9-8-10-20(37-5)25(18)38-6)21(24(33)27(31)34)23(32)17-11-12-19(36-4)15(2)14-17/h7-12,14,22,32H,1,13H2,2-6H3/b23-21+/t22-/m0/s1. The number of benzene rings is 2. The Kier molecular flexibility index (Phi) is 8.24. The first kappa shape index (κ1) is 28.4. The molecule has 0 aliphatic carbocycles. The molecule has 208 valence electrons. The molecule has 1 saturated heterocycles. The summed E-state index contributed by atoms with van der Waals surface area (Å²) in [6.45, 7) is 6.93. The van der Waals surface area contributed by atoms with E-state index in [9.17, 15) is 19.5 Å². The van der Waals surface area contributed by atoms with Crippen LogP contribution in [0.5, 0.6) is 17.2 Å². The summed E-state index contributed by atoms with van der Waals surface area (Å²) in [6.07, 6.45) is 1.43. The molecule has 1 amide bonds. The fourth-order valence-corrected chi connectivity index (χ4v) is 5.49. The molecule has 2 aromatic carbocycles. The van der Waals surface area contributed by atoms with Crippen LogP contribution in [0.25, 0.3) is 5.76 Å². The summed E-state index contributed by atoms with van der Waals surface area (Å²) in [5, 5.41) is 11.6. The molecule has 1 aliphatic rings. The SMILES string of the molecule is C=CCOC(=O)c1sc(N2C(=O)C(=O)/C(=C(/O)c3ccc(OC)c(C)c3)[C@@H]2c2cccc(OC)c2OC)nc1C. The second-order valence-corrected chi connectivity index (χ2v) is 9.71. The van der Waals surface area contributed by atoms with Crippen molar-refractivity contribution in [3.63, 3.8) is 0 Å². The number of aromatic nitrogens is 1. The Morgan fingerprint density at radius 3 is 2.45 bits per heavy atom. The average molecular weight is 565 g/mol. The number of methoxy groups -OCH3 is 3. The molecule has 1 aliphatic heterocycles. The Morgan fingerprint density at radius 2 is 1.82 bits per heavy atom. The van der Waals surface area contributed by atoms with Crippen LogP contribution in [0.4, 0.5) is 5.13 Å². The number of carbonyl (C=O) groups excluding carboxylic acids is 3. The molecule has 0 radical (unpaired) electrons. The number of thiazole rings is 1. The van der Waals surface area contributed by atoms with Crippen LogP contribution in [0, 0.1) is 13.8 Å². The lowest BCUT2D eigenvalue weighted by molar-refractivity contribution is -0.132. The van der Waals surface area contributed by atoms with Gasteiger partial charge in [-0.1, -0.05) is 36.1 Å². The molecular weight excluding hydrogens is 536 g/mol. The number of amides is 1. The lowest BCUT2D eigenvalue weighted by Crippen LogP contribution is -2.29. The highest BCUT2D eigenvalue weighted by molar-refractivity contribution is 7.17. The lowest BCUT2D eigenvalue weighted by Gasteiger charge is -2.25. The minimum absolute atomic E-state index is 0.00168. The lowest BCUT2D eigenvalue weighted by atomic mass is 9.94. The number of aliphatic hydroxyl groups excluding tert-OH is 1. The van der Waals surface area contributed by atoms with E-state index in [0.29, 0.717) is 28.3 Å². The topological polar surface area (TPSA) is 124 Å². The van der Waals surface area contributed by atoms with Crippen molar-refractivity contribution in [2.45, 2.75) is 19.9 Å². The number of aliphatic hydroxyl groups is 1. The maximum atomic E-state index is 13.6. The van der Waals surface area contributed by atoms with Gasteiger partial charge in [0, 0.05) is 11.1 Å². The number of anilines is 1. The maximum absolute atomic E-state index is 13.6. The smallest absolute Gasteiger partial charge is 0.350 e. The van der Waals surface area contributed by atoms with Crippen molar-refractivity contribution >= 4 is 39.9 Å². The summed E-state index contributed by atoms with van der Waals surface area (Å²) in [5.41, 5.74) is 1.54. The van der Waals surface area contributed by atoms with Crippen molar-refractivity contribution in [2.75, 3.05) is 32.8 Å². The van der Waals surface area contributed by atoms with Crippen LogP contribution in [0.2, 0.25) is 0 Å². The van der Waals surface area contributed by atoms with Gasteiger partial charge in [0.05, 0.1) is 32.6 Å². The quantitative estimate of drug-likeness (QED) is 0.129. The van der Waals surface area contributed by atoms with E-state index in [0.717, 1.165) is 21.8 Å². The summed E-state index contributed by atoms with van der Waals surface area (Å²) >= 11 is 0.900. The molecule has 1 fully saturated rings. The fraction of sp³-hybridized carbons (Fsp3) is 0.241. The highest BCUT2D eigenvalue weighted by Gasteiger charge is 2.49. The normalized spacial score (nSPS) is 16.1. The first-order valence-electron chi connectivity index (χ1n) is 12.1. The third-order valence-electron chi connectivity index (χ3n) is 6.35. The number of rotatable bonds is 9. The van der Waals surface area contributed by atoms with Crippen LogP contribution in [0.15, 0.2) is 54.6 Å². The van der Waals surface area contributed by atoms with E-state index in [1.165, 1.54) is 27.4 Å². The highest BCUT2D eigenvalue weighted by atomic mass is 32.1. The van der Waals surface area contributed by atoms with Gasteiger partial charge in [-0.3, -0.25) is 14.5 Å². The number of hydrogen-bond donors (Lipinski definition) is 1. The Bertz CT molecular complexity index is 1540. The molecule has 11 heteroatoms. The molecule has 0 saturated carbocycles. The van der Waals surface area contributed by atoms with E-state index in [2.05, 4.69) is 11.6 Å². The summed E-state index contributed by atoms with van der Waals surface area (Å²) < 4.78 is 21.6. The molecule has 3 aromatic rings. The number of Topliss-reactive ketones (excluding diaryl/α,β-unsaturated/α-hetero) is 1. The molecular formula is C29H28N2O8S. The van der Waals surface area contributed by atoms with Gasteiger partial charge in [-0.05, 0) is 43.7 Å². The minimum Gasteiger partial charge on any atom is -0.507 e. The van der Waals surface area contributed by atoms with E-state index in [4.69, 9.17) is 18.9 Å². The number of para-hydroxylation sites is 1. The molecule has 10 nitrogen and oxygen atoms in total. The molecule has 4 rings (SSSR count). The predicted molar refractivity (Wildman–Crippen MR) is 149 cm³/mol. The third kappa shape index (κ3) is 4.91. The number of hydrogen-bond acceptors (Lipinski definition) is 10. The number of ketones is 1. The van der Waals surface area contributed by atoms with Crippen molar-refractivity contribution in [3.8, 4) is 17.2 Å². The average Bonchev–Trinajstić information content (AvgIpc) is 3.46. The van der Waals surface area contributed by atoms with E-state index >= 15 is 0 Å². The summed E-state index contributed by atoms with van der Waals surface area (Å²) in [6, 6.07) is 8.76. The predicted octanol–water partition coefficient (Wildman–Crippen LogP) is 4.75. The van der Waals surface area contributed by atoms with Gasteiger partial charge in [-0.2, -0.15) is 0 Å². The van der Waals surface area contributed by atoms with E-state index in [1.807, 2.05) is 0 Å². The van der Waals surface area contributed by atoms with Crippen molar-refractivity contribution in [3.05, 3.63) is 81.9 Å². The summed E-state index contributed by atoms with van der Waals surface area (Å²) in [5.74, 6) is -1.67. The first-order chi connectivity index (χ1) is 19.2.